The summed E-state index contributed by atoms with van der Waals surface area (Å²) in [5.41, 5.74) is 0.563. The number of rotatable bonds is 7. The maximum atomic E-state index is 10.8. The molecule has 20 heavy (non-hydrogen) atoms. The zero-order valence-corrected chi connectivity index (χ0v) is 11.9. The van der Waals surface area contributed by atoms with Gasteiger partial charge in [-0.25, -0.2) is 0 Å². The van der Waals surface area contributed by atoms with Crippen molar-refractivity contribution in [1.82, 2.24) is 0 Å². The van der Waals surface area contributed by atoms with Crippen molar-refractivity contribution in [3.8, 4) is 6.07 Å². The lowest BCUT2D eigenvalue weighted by Crippen LogP contribution is -2.30. The van der Waals surface area contributed by atoms with Crippen molar-refractivity contribution in [3.63, 3.8) is 0 Å². The number of nitro benzene ring substituents is 1. The molecule has 0 aliphatic carbocycles. The third-order valence-corrected chi connectivity index (χ3v) is 2.97. The number of ether oxygens (including phenoxy) is 1. The van der Waals surface area contributed by atoms with Gasteiger partial charge in [0.2, 0.25) is 0 Å². The number of nitrogens with zero attached hydrogens (tertiary/aromatic N) is 2. The summed E-state index contributed by atoms with van der Waals surface area (Å²) in [6, 6.07) is 6.39. The van der Waals surface area contributed by atoms with Gasteiger partial charge in [0.15, 0.2) is 0 Å². The number of nitro groups is 1. The Kier molecular flexibility index (Phi) is 5.94. The average Bonchev–Trinajstić information content (AvgIpc) is 2.42. The second kappa shape index (κ2) is 7.46. The highest BCUT2D eigenvalue weighted by atomic mass is 16.6. The second-order valence-corrected chi connectivity index (χ2v) is 4.76. The van der Waals surface area contributed by atoms with Crippen molar-refractivity contribution in [1.29, 1.82) is 5.26 Å². The molecule has 6 heteroatoms. The van der Waals surface area contributed by atoms with Gasteiger partial charge in [-0.2, -0.15) is 5.26 Å². The second-order valence-electron chi connectivity index (χ2n) is 4.76. The van der Waals surface area contributed by atoms with Crippen LogP contribution in [0.1, 0.15) is 26.3 Å². The van der Waals surface area contributed by atoms with Crippen LogP contribution in [0.2, 0.25) is 0 Å². The molecule has 0 aliphatic heterocycles. The van der Waals surface area contributed by atoms with E-state index >= 15 is 0 Å². The van der Waals surface area contributed by atoms with Crippen molar-refractivity contribution in [2.75, 3.05) is 18.5 Å². The summed E-state index contributed by atoms with van der Waals surface area (Å²) >= 11 is 0. The van der Waals surface area contributed by atoms with E-state index in [1.165, 1.54) is 12.1 Å². The molecular formula is C14H19N3O3. The van der Waals surface area contributed by atoms with Crippen LogP contribution in [0.4, 0.5) is 11.4 Å². The monoisotopic (exact) mass is 277 g/mol. The van der Waals surface area contributed by atoms with Crippen LogP contribution < -0.4 is 5.32 Å². The zero-order valence-electron chi connectivity index (χ0n) is 11.9. The number of hydrogen-bond donors (Lipinski definition) is 1. The van der Waals surface area contributed by atoms with Crippen LogP contribution in [0.15, 0.2) is 18.2 Å². The van der Waals surface area contributed by atoms with Gasteiger partial charge >= 0.3 is 0 Å². The average molecular weight is 277 g/mol. The van der Waals surface area contributed by atoms with Gasteiger partial charge in [-0.15, -0.1) is 0 Å². The van der Waals surface area contributed by atoms with Crippen molar-refractivity contribution < 1.29 is 9.66 Å². The molecule has 0 fully saturated rings. The lowest BCUT2D eigenvalue weighted by molar-refractivity contribution is -0.385. The number of anilines is 1. The number of hydrogen-bond acceptors (Lipinski definition) is 5. The predicted molar refractivity (Wildman–Crippen MR) is 76.6 cm³/mol. The number of benzene rings is 1. The van der Waals surface area contributed by atoms with E-state index in [1.807, 2.05) is 13.0 Å². The smallest absolute Gasteiger partial charge is 0.287 e. The molecule has 1 atom stereocenters. The Morgan fingerprint density at radius 1 is 1.50 bits per heavy atom. The molecule has 1 unspecified atom stereocenters. The number of nitriles is 1. The lowest BCUT2D eigenvalue weighted by Gasteiger charge is -2.23. The largest absolute Gasteiger partial charge is 0.380 e. The molecule has 0 aromatic heterocycles. The Hall–Kier alpha value is -2.13. The minimum atomic E-state index is -0.553. The highest BCUT2D eigenvalue weighted by Gasteiger charge is 2.17. The van der Waals surface area contributed by atoms with Gasteiger partial charge in [-0.05, 0) is 25.0 Å². The van der Waals surface area contributed by atoms with Gasteiger partial charge in [-0.3, -0.25) is 10.1 Å². The lowest BCUT2D eigenvalue weighted by atomic mass is 10.0. The molecule has 0 radical (unpaired) electrons. The summed E-state index contributed by atoms with van der Waals surface area (Å²) in [5.74, 6) is 0.335. The van der Waals surface area contributed by atoms with E-state index in [1.54, 1.807) is 6.07 Å². The van der Waals surface area contributed by atoms with E-state index in [2.05, 4.69) is 19.2 Å². The predicted octanol–water partition coefficient (Wildman–Crippen LogP) is 2.94. The van der Waals surface area contributed by atoms with Crippen molar-refractivity contribution in [2.45, 2.75) is 26.8 Å². The molecule has 0 saturated carbocycles. The fourth-order valence-electron chi connectivity index (χ4n) is 1.73. The summed E-state index contributed by atoms with van der Waals surface area (Å²) in [6.07, 6.45) is 0. The summed E-state index contributed by atoms with van der Waals surface area (Å²) in [6.45, 7) is 7.24. The van der Waals surface area contributed by atoms with Gasteiger partial charge < -0.3 is 10.1 Å². The quantitative estimate of drug-likeness (QED) is 0.611. The third-order valence-electron chi connectivity index (χ3n) is 2.97. The Bertz CT molecular complexity index is 509. The van der Waals surface area contributed by atoms with E-state index < -0.39 is 4.92 Å². The Balaban J connectivity index is 2.91. The molecule has 0 aliphatic rings. The highest BCUT2D eigenvalue weighted by molar-refractivity contribution is 5.59. The molecule has 0 heterocycles. The van der Waals surface area contributed by atoms with Gasteiger partial charge in [0, 0.05) is 18.4 Å². The zero-order chi connectivity index (χ0) is 15.1. The first-order valence-electron chi connectivity index (χ1n) is 6.52. The molecule has 108 valence electrons. The molecule has 1 aromatic carbocycles. The topological polar surface area (TPSA) is 88.2 Å². The van der Waals surface area contributed by atoms with Gasteiger partial charge in [0.25, 0.3) is 5.69 Å². The summed E-state index contributed by atoms with van der Waals surface area (Å²) in [7, 11) is 0. The van der Waals surface area contributed by atoms with Gasteiger partial charge in [0.05, 0.1) is 17.6 Å². The van der Waals surface area contributed by atoms with Crippen molar-refractivity contribution in [2.24, 2.45) is 5.92 Å². The molecule has 0 saturated heterocycles. The van der Waals surface area contributed by atoms with Crippen LogP contribution in [-0.4, -0.2) is 24.2 Å². The fraction of sp³-hybridized carbons (Fsp3) is 0.500. The first-order chi connectivity index (χ1) is 9.49. The van der Waals surface area contributed by atoms with E-state index in [9.17, 15) is 10.1 Å². The maximum absolute atomic E-state index is 10.8. The maximum Gasteiger partial charge on any atom is 0.287 e. The third kappa shape index (κ3) is 4.21. The SMILES string of the molecule is CCOCC(Nc1ccc([N+](=O)[O-])c(C#N)c1)C(C)C. The normalized spacial score (nSPS) is 11.9. The van der Waals surface area contributed by atoms with Crippen LogP contribution in [0.5, 0.6) is 0 Å². The standard InChI is InChI=1S/C14H19N3O3/c1-4-20-9-13(10(2)3)16-12-5-6-14(17(18)19)11(7-12)8-15/h5-7,10,13,16H,4,9H2,1-3H3. The summed E-state index contributed by atoms with van der Waals surface area (Å²) in [5, 5.41) is 23.0. The molecule has 0 spiro atoms. The molecule has 0 bridgehead atoms. The van der Waals surface area contributed by atoms with Crippen molar-refractivity contribution >= 4 is 11.4 Å². The van der Waals surface area contributed by atoms with Gasteiger partial charge in [0.1, 0.15) is 11.6 Å². The molecule has 6 nitrogen and oxygen atoms in total. The van der Waals surface area contributed by atoms with Gasteiger partial charge in [-0.1, -0.05) is 13.8 Å². The van der Waals surface area contributed by atoms with Crippen LogP contribution in [0, 0.1) is 27.4 Å². The molecule has 1 rings (SSSR count). The van der Waals surface area contributed by atoms with E-state index in [-0.39, 0.29) is 17.3 Å². The molecule has 1 N–H and O–H groups in total. The van der Waals surface area contributed by atoms with Crippen LogP contribution in [0.3, 0.4) is 0 Å². The van der Waals surface area contributed by atoms with Crippen LogP contribution in [0.25, 0.3) is 0 Å². The summed E-state index contributed by atoms with van der Waals surface area (Å²) < 4.78 is 5.41. The molecular weight excluding hydrogens is 258 g/mol. The fourth-order valence-corrected chi connectivity index (χ4v) is 1.73. The van der Waals surface area contributed by atoms with E-state index in [4.69, 9.17) is 10.00 Å². The van der Waals surface area contributed by atoms with Crippen LogP contribution >= 0.6 is 0 Å². The molecule has 1 aromatic rings. The van der Waals surface area contributed by atoms with E-state index in [0.717, 1.165) is 0 Å². The summed E-state index contributed by atoms with van der Waals surface area (Å²) in [4.78, 5) is 10.2. The minimum Gasteiger partial charge on any atom is -0.380 e. The molecule has 0 amide bonds. The van der Waals surface area contributed by atoms with E-state index in [0.29, 0.717) is 24.8 Å². The first-order valence-corrected chi connectivity index (χ1v) is 6.52. The Morgan fingerprint density at radius 2 is 2.20 bits per heavy atom. The minimum absolute atomic E-state index is 0.0546. The first kappa shape index (κ1) is 15.9. The number of nitrogens with one attached hydrogen (secondary N) is 1. The Labute approximate surface area is 118 Å². The highest BCUT2D eigenvalue weighted by Crippen LogP contribution is 2.23. The van der Waals surface area contributed by atoms with Crippen molar-refractivity contribution in [3.05, 3.63) is 33.9 Å². The Morgan fingerprint density at radius 3 is 2.70 bits per heavy atom. The van der Waals surface area contributed by atoms with Crippen LogP contribution in [-0.2, 0) is 4.74 Å².